The molecule has 15 aromatic rings. The van der Waals surface area contributed by atoms with Crippen molar-refractivity contribution in [1.82, 2.24) is 19.5 Å². The van der Waals surface area contributed by atoms with Crippen LogP contribution in [0.25, 0.3) is 149 Å². The van der Waals surface area contributed by atoms with E-state index in [1.165, 1.54) is 32.3 Å². The van der Waals surface area contributed by atoms with E-state index in [1.807, 2.05) is 36.4 Å². The average molecular weight is 855 g/mol. The number of fused-ring (bicyclic) bond motifs is 14. The van der Waals surface area contributed by atoms with E-state index in [1.54, 1.807) is 0 Å². The number of furan rings is 2. The van der Waals surface area contributed by atoms with Crippen LogP contribution in [0.1, 0.15) is 0 Å². The predicted molar refractivity (Wildman–Crippen MR) is 275 cm³/mol. The number of para-hydroxylation sites is 2. The van der Waals surface area contributed by atoms with Gasteiger partial charge in [-0.05, 0) is 116 Å². The zero-order chi connectivity index (χ0) is 43.7. The average Bonchev–Trinajstić information content (AvgIpc) is 4.05. The van der Waals surface area contributed by atoms with Gasteiger partial charge in [-0.3, -0.25) is 0 Å². The summed E-state index contributed by atoms with van der Waals surface area (Å²) in [6.45, 7) is 0. The fourth-order valence-corrected chi connectivity index (χ4v) is 10.6. The van der Waals surface area contributed by atoms with Gasteiger partial charge in [-0.15, -0.1) is 0 Å². The fourth-order valence-electron chi connectivity index (χ4n) is 10.6. The highest BCUT2D eigenvalue weighted by Gasteiger charge is 2.22. The minimum absolute atomic E-state index is 0.549. The van der Waals surface area contributed by atoms with Crippen LogP contribution in [-0.2, 0) is 0 Å². The van der Waals surface area contributed by atoms with Gasteiger partial charge >= 0.3 is 0 Å². The Balaban J connectivity index is 1.01. The fraction of sp³-hybridized carbons (Fsp3) is 0. The van der Waals surface area contributed by atoms with Gasteiger partial charge in [-0.25, -0.2) is 15.0 Å². The molecule has 0 aliphatic rings. The molecule has 0 saturated heterocycles. The Labute approximate surface area is 381 Å². The van der Waals surface area contributed by atoms with E-state index in [2.05, 4.69) is 174 Å². The zero-order valence-corrected chi connectivity index (χ0v) is 35.7. The molecule has 0 saturated carbocycles. The second-order valence-electron chi connectivity index (χ2n) is 17.6. The maximum absolute atomic E-state index is 6.75. The lowest BCUT2D eigenvalue weighted by Gasteiger charge is -2.14. The number of rotatable bonds is 4. The molecular formula is C61H34N4O2. The molecule has 0 aliphatic heterocycles. The van der Waals surface area contributed by atoms with Crippen LogP contribution in [-0.4, -0.2) is 19.5 Å². The Bertz CT molecular complexity index is 4500. The molecule has 0 fully saturated rings. The summed E-state index contributed by atoms with van der Waals surface area (Å²) in [6.07, 6.45) is 0. The van der Waals surface area contributed by atoms with E-state index in [9.17, 15) is 0 Å². The number of hydrogen-bond acceptors (Lipinski definition) is 5. The highest BCUT2D eigenvalue weighted by Crippen LogP contribution is 2.43. The Morgan fingerprint density at radius 3 is 1.51 bits per heavy atom. The molecule has 6 nitrogen and oxygen atoms in total. The molecule has 0 unspecified atom stereocenters. The van der Waals surface area contributed by atoms with Crippen LogP contribution in [0.3, 0.4) is 0 Å². The van der Waals surface area contributed by atoms with Gasteiger partial charge < -0.3 is 13.4 Å². The van der Waals surface area contributed by atoms with Crippen LogP contribution >= 0.6 is 0 Å². The number of nitrogens with zero attached hydrogens (tertiary/aromatic N) is 4. The molecule has 0 N–H and O–H groups in total. The standard InChI is InChI=1S/C61H34N4O2/c1-2-12-36-27-41(22-21-35(36)11-1)59-62-60(42-23-25-46-45-17-7-9-19-54(45)66-56(46)32-42)64-61(63-59)51-34-57-58(47-18-8-10-20-55(47)67-57)50-33-43(24-26-44(50)51)65-52-30-39-15-5-3-13-37(39)28-48(52)49-29-38-14-4-6-16-40(38)31-53(49)65/h1-34H. The van der Waals surface area contributed by atoms with Crippen LogP contribution in [0.15, 0.2) is 215 Å². The summed E-state index contributed by atoms with van der Waals surface area (Å²) in [5, 5.41) is 15.8. The molecule has 4 aromatic heterocycles. The molecule has 11 aromatic carbocycles. The molecule has 4 heterocycles. The third kappa shape index (κ3) is 5.47. The van der Waals surface area contributed by atoms with E-state index >= 15 is 0 Å². The van der Waals surface area contributed by atoms with Gasteiger partial charge in [0.1, 0.15) is 22.3 Å². The number of benzene rings is 11. The molecular weight excluding hydrogens is 821 g/mol. The molecule has 0 spiro atoms. The van der Waals surface area contributed by atoms with Gasteiger partial charge in [0.2, 0.25) is 0 Å². The van der Waals surface area contributed by atoms with Crippen LogP contribution in [0.2, 0.25) is 0 Å². The van der Waals surface area contributed by atoms with Crippen LogP contribution in [0.4, 0.5) is 0 Å². The quantitative estimate of drug-likeness (QED) is 0.176. The van der Waals surface area contributed by atoms with Gasteiger partial charge in [0.05, 0.1) is 11.0 Å². The molecule has 0 bridgehead atoms. The lowest BCUT2D eigenvalue weighted by molar-refractivity contribution is 0.669. The molecule has 310 valence electrons. The number of aromatic nitrogens is 4. The van der Waals surface area contributed by atoms with Crippen molar-refractivity contribution in [1.29, 1.82) is 0 Å². The van der Waals surface area contributed by atoms with Gasteiger partial charge in [-0.1, -0.05) is 133 Å². The third-order valence-corrected chi connectivity index (χ3v) is 13.7. The summed E-state index contributed by atoms with van der Waals surface area (Å²) in [5.74, 6) is 1.68. The first-order chi connectivity index (χ1) is 33.1. The largest absolute Gasteiger partial charge is 0.456 e. The minimum Gasteiger partial charge on any atom is -0.456 e. The second kappa shape index (κ2) is 13.7. The Kier molecular flexibility index (Phi) is 7.40. The molecule has 0 atom stereocenters. The normalized spacial score (nSPS) is 12.2. The first-order valence-electron chi connectivity index (χ1n) is 22.6. The topological polar surface area (TPSA) is 69.9 Å². The van der Waals surface area contributed by atoms with Crippen LogP contribution < -0.4 is 0 Å². The summed E-state index contributed by atoms with van der Waals surface area (Å²) in [4.78, 5) is 15.9. The van der Waals surface area contributed by atoms with Crippen molar-refractivity contribution < 1.29 is 8.83 Å². The first-order valence-corrected chi connectivity index (χ1v) is 22.6. The van der Waals surface area contributed by atoms with Crippen molar-refractivity contribution >= 4 is 109 Å². The lowest BCUT2D eigenvalue weighted by Crippen LogP contribution is -2.01. The molecule has 6 heteroatoms. The molecule has 67 heavy (non-hydrogen) atoms. The summed E-state index contributed by atoms with van der Waals surface area (Å²) in [5.41, 5.74) is 9.14. The van der Waals surface area contributed by atoms with Crippen molar-refractivity contribution in [2.75, 3.05) is 0 Å². The second-order valence-corrected chi connectivity index (χ2v) is 17.6. The van der Waals surface area contributed by atoms with E-state index in [0.717, 1.165) is 98.8 Å². The Morgan fingerprint density at radius 2 is 0.806 bits per heavy atom. The van der Waals surface area contributed by atoms with Gasteiger partial charge in [0, 0.05) is 54.7 Å². The van der Waals surface area contributed by atoms with E-state index in [-0.39, 0.29) is 0 Å². The smallest absolute Gasteiger partial charge is 0.164 e. The number of hydrogen-bond donors (Lipinski definition) is 0. The summed E-state index contributed by atoms with van der Waals surface area (Å²) >= 11 is 0. The van der Waals surface area contributed by atoms with Crippen LogP contribution in [0, 0.1) is 0 Å². The van der Waals surface area contributed by atoms with Crippen molar-refractivity contribution in [3.05, 3.63) is 206 Å². The highest BCUT2D eigenvalue weighted by atomic mass is 16.3. The lowest BCUT2D eigenvalue weighted by atomic mass is 9.97. The first kappa shape index (κ1) is 36.2. The Hall–Kier alpha value is -9.13. The maximum atomic E-state index is 6.75. The molecule has 15 rings (SSSR count). The summed E-state index contributed by atoms with van der Waals surface area (Å²) in [7, 11) is 0. The van der Waals surface area contributed by atoms with Gasteiger partial charge in [0.25, 0.3) is 0 Å². The van der Waals surface area contributed by atoms with Crippen molar-refractivity contribution in [3.8, 4) is 39.9 Å². The van der Waals surface area contributed by atoms with E-state index in [4.69, 9.17) is 23.8 Å². The summed E-state index contributed by atoms with van der Waals surface area (Å²) in [6, 6.07) is 73.0. The SMILES string of the molecule is c1ccc2cc(-c3nc(-c4ccc5c(c4)oc4ccccc45)nc(-c4cc5oc6ccccc6c5c5cc(-n6c7cc8ccccc8cc7c7cc8ccccc8cc76)ccc45)n3)ccc2c1. The summed E-state index contributed by atoms with van der Waals surface area (Å²) < 4.78 is 15.6. The minimum atomic E-state index is 0.549. The monoisotopic (exact) mass is 854 g/mol. The van der Waals surface area contributed by atoms with E-state index in [0.29, 0.717) is 17.5 Å². The molecule has 0 amide bonds. The highest BCUT2D eigenvalue weighted by molar-refractivity contribution is 6.23. The van der Waals surface area contributed by atoms with Crippen molar-refractivity contribution in [3.63, 3.8) is 0 Å². The third-order valence-electron chi connectivity index (χ3n) is 13.7. The zero-order valence-electron chi connectivity index (χ0n) is 35.7. The molecule has 0 radical (unpaired) electrons. The maximum Gasteiger partial charge on any atom is 0.164 e. The van der Waals surface area contributed by atoms with Crippen molar-refractivity contribution in [2.45, 2.75) is 0 Å². The predicted octanol–water partition coefficient (Wildman–Crippen LogP) is 16.4. The van der Waals surface area contributed by atoms with E-state index < -0.39 is 0 Å². The molecule has 0 aliphatic carbocycles. The Morgan fingerprint density at radius 1 is 0.299 bits per heavy atom. The van der Waals surface area contributed by atoms with Gasteiger partial charge in [0.15, 0.2) is 17.5 Å². The van der Waals surface area contributed by atoms with Crippen molar-refractivity contribution in [2.24, 2.45) is 0 Å². The van der Waals surface area contributed by atoms with Crippen LogP contribution in [0.5, 0.6) is 0 Å². The van der Waals surface area contributed by atoms with Gasteiger partial charge in [-0.2, -0.15) is 0 Å².